The van der Waals surface area contributed by atoms with Gasteiger partial charge in [-0.1, -0.05) is 0 Å². The molecule has 0 saturated carbocycles. The van der Waals surface area contributed by atoms with E-state index in [2.05, 4.69) is 4.98 Å². The topological polar surface area (TPSA) is 63.3 Å². The predicted molar refractivity (Wildman–Crippen MR) is 46.8 cm³/mol. The highest BCUT2D eigenvalue weighted by Crippen LogP contribution is 2.25. The zero-order valence-electron chi connectivity index (χ0n) is 6.43. The van der Waals surface area contributed by atoms with E-state index in [1.54, 1.807) is 11.4 Å². The van der Waals surface area contributed by atoms with Crippen LogP contribution in [0.2, 0.25) is 0 Å². The van der Waals surface area contributed by atoms with Gasteiger partial charge < -0.3 is 9.52 Å². The quantitative estimate of drug-likeness (QED) is 0.797. The molecule has 5 heteroatoms. The number of aromatic carboxylic acids is 1. The van der Waals surface area contributed by atoms with Gasteiger partial charge in [-0.25, -0.2) is 9.78 Å². The molecule has 0 atom stereocenters. The third-order valence-electron chi connectivity index (χ3n) is 1.53. The number of carboxylic acid groups (broad SMARTS) is 1. The minimum atomic E-state index is -0.925. The predicted octanol–water partition coefficient (Wildman–Crippen LogP) is 2.10. The fourth-order valence-corrected chi connectivity index (χ4v) is 1.76. The second-order valence-corrected chi connectivity index (χ2v) is 3.29. The zero-order valence-corrected chi connectivity index (χ0v) is 7.25. The first-order chi connectivity index (χ1) is 6.27. The summed E-state index contributed by atoms with van der Waals surface area (Å²) in [6.45, 7) is 0. The van der Waals surface area contributed by atoms with Crippen molar-refractivity contribution < 1.29 is 14.3 Å². The van der Waals surface area contributed by atoms with Crippen molar-refractivity contribution in [2.45, 2.75) is 0 Å². The lowest BCUT2D eigenvalue weighted by atomic mass is 10.3. The number of hydrogen-bond donors (Lipinski definition) is 1. The molecular formula is C8H5NO3S. The first kappa shape index (κ1) is 8.00. The monoisotopic (exact) mass is 195 g/mol. The highest BCUT2D eigenvalue weighted by molar-refractivity contribution is 7.13. The zero-order chi connectivity index (χ0) is 9.26. The summed E-state index contributed by atoms with van der Waals surface area (Å²) in [4.78, 5) is 15.3. The average Bonchev–Trinajstić information content (AvgIpc) is 2.75. The Hall–Kier alpha value is -1.62. The molecule has 2 rings (SSSR count). The Morgan fingerprint density at radius 2 is 2.46 bits per heavy atom. The molecule has 0 aliphatic heterocycles. The fourth-order valence-electron chi connectivity index (χ4n) is 0.917. The van der Waals surface area contributed by atoms with Gasteiger partial charge in [0.15, 0.2) is 6.39 Å². The molecule has 0 spiro atoms. The molecular weight excluding hydrogens is 190 g/mol. The lowest BCUT2D eigenvalue weighted by Gasteiger charge is -1.84. The molecule has 0 fully saturated rings. The maximum atomic E-state index is 10.5. The van der Waals surface area contributed by atoms with E-state index >= 15 is 0 Å². The first-order valence-corrected chi connectivity index (χ1v) is 4.36. The number of carbonyl (C=O) groups is 1. The molecule has 1 N–H and O–H groups in total. The Morgan fingerprint density at radius 3 is 3.00 bits per heavy atom. The van der Waals surface area contributed by atoms with Crippen LogP contribution >= 0.6 is 11.3 Å². The Labute approximate surface area is 77.5 Å². The highest BCUT2D eigenvalue weighted by Gasteiger charge is 2.09. The second-order valence-electron chi connectivity index (χ2n) is 2.38. The Bertz CT molecular complexity index is 418. The highest BCUT2D eigenvalue weighted by atomic mass is 32.1. The Kier molecular flexibility index (Phi) is 1.86. The smallest absolute Gasteiger partial charge is 0.336 e. The third-order valence-corrected chi connectivity index (χ3v) is 2.48. The van der Waals surface area contributed by atoms with Crippen LogP contribution in [0.3, 0.4) is 0 Å². The van der Waals surface area contributed by atoms with Gasteiger partial charge in [-0.2, -0.15) is 0 Å². The van der Waals surface area contributed by atoms with Crippen molar-refractivity contribution in [2.24, 2.45) is 0 Å². The van der Waals surface area contributed by atoms with Crippen LogP contribution in [0.4, 0.5) is 0 Å². The van der Waals surface area contributed by atoms with Gasteiger partial charge in [0.05, 0.1) is 10.4 Å². The number of thiophene rings is 1. The minimum Gasteiger partial charge on any atom is -0.478 e. The van der Waals surface area contributed by atoms with Crippen molar-refractivity contribution in [2.75, 3.05) is 0 Å². The SMILES string of the molecule is O=C(O)c1csc(-c2cocn2)c1. The molecule has 0 unspecified atom stereocenters. The summed E-state index contributed by atoms with van der Waals surface area (Å²) in [5.41, 5.74) is 0.945. The lowest BCUT2D eigenvalue weighted by Crippen LogP contribution is -1.91. The van der Waals surface area contributed by atoms with Crippen LogP contribution in [-0.4, -0.2) is 16.1 Å². The van der Waals surface area contributed by atoms with E-state index in [1.165, 1.54) is 24.0 Å². The summed E-state index contributed by atoms with van der Waals surface area (Å²) in [7, 11) is 0. The maximum absolute atomic E-state index is 10.5. The molecule has 0 bridgehead atoms. The van der Waals surface area contributed by atoms with Crippen molar-refractivity contribution in [1.29, 1.82) is 0 Å². The third kappa shape index (κ3) is 1.46. The van der Waals surface area contributed by atoms with Gasteiger partial charge in [-0.3, -0.25) is 0 Å². The molecule has 2 heterocycles. The number of aromatic nitrogens is 1. The van der Waals surface area contributed by atoms with Crippen molar-refractivity contribution >= 4 is 17.3 Å². The number of nitrogens with zero attached hydrogens (tertiary/aromatic N) is 1. The molecule has 4 nitrogen and oxygen atoms in total. The normalized spacial score (nSPS) is 10.2. The van der Waals surface area contributed by atoms with Gasteiger partial charge in [0.1, 0.15) is 12.0 Å². The maximum Gasteiger partial charge on any atom is 0.336 e. The molecule has 0 aliphatic carbocycles. The van der Waals surface area contributed by atoms with Gasteiger partial charge in [-0.05, 0) is 6.07 Å². The van der Waals surface area contributed by atoms with Crippen molar-refractivity contribution in [3.63, 3.8) is 0 Å². The lowest BCUT2D eigenvalue weighted by molar-refractivity contribution is 0.0697. The molecule has 0 aromatic carbocycles. The number of hydrogen-bond acceptors (Lipinski definition) is 4. The number of oxazole rings is 1. The average molecular weight is 195 g/mol. The number of rotatable bonds is 2. The molecule has 13 heavy (non-hydrogen) atoms. The summed E-state index contributed by atoms with van der Waals surface area (Å²) in [5.74, 6) is -0.925. The van der Waals surface area contributed by atoms with Gasteiger partial charge in [0.25, 0.3) is 0 Å². The molecule has 0 saturated heterocycles. The minimum absolute atomic E-state index is 0.281. The van der Waals surface area contributed by atoms with E-state index in [-0.39, 0.29) is 5.56 Å². The summed E-state index contributed by atoms with van der Waals surface area (Å²) < 4.78 is 4.79. The largest absolute Gasteiger partial charge is 0.478 e. The van der Waals surface area contributed by atoms with Crippen LogP contribution in [0, 0.1) is 0 Å². The van der Waals surface area contributed by atoms with E-state index in [0.717, 1.165) is 4.88 Å². The summed E-state index contributed by atoms with van der Waals surface area (Å²) in [6.07, 6.45) is 2.80. The van der Waals surface area contributed by atoms with E-state index in [9.17, 15) is 4.79 Å². The van der Waals surface area contributed by atoms with Crippen molar-refractivity contribution in [3.8, 4) is 10.6 Å². The van der Waals surface area contributed by atoms with Crippen LogP contribution in [0.5, 0.6) is 0 Å². The Morgan fingerprint density at radius 1 is 1.62 bits per heavy atom. The van der Waals surface area contributed by atoms with E-state index in [4.69, 9.17) is 9.52 Å². The van der Waals surface area contributed by atoms with Crippen LogP contribution < -0.4 is 0 Å². The Balaban J connectivity index is 2.39. The van der Waals surface area contributed by atoms with Gasteiger partial charge >= 0.3 is 5.97 Å². The van der Waals surface area contributed by atoms with E-state index in [1.807, 2.05) is 0 Å². The summed E-state index contributed by atoms with van der Waals surface area (Å²) in [6, 6.07) is 1.57. The molecule has 2 aromatic rings. The summed E-state index contributed by atoms with van der Waals surface area (Å²) >= 11 is 1.33. The molecule has 0 amide bonds. The molecule has 0 aliphatic rings. The van der Waals surface area contributed by atoms with Gasteiger partial charge in [-0.15, -0.1) is 11.3 Å². The second kappa shape index (κ2) is 3.02. The fraction of sp³-hybridized carbons (Fsp3) is 0. The van der Waals surface area contributed by atoms with E-state index < -0.39 is 5.97 Å². The van der Waals surface area contributed by atoms with Crippen LogP contribution in [0.1, 0.15) is 10.4 Å². The van der Waals surface area contributed by atoms with Crippen LogP contribution in [-0.2, 0) is 0 Å². The summed E-state index contributed by atoms with van der Waals surface area (Å²) in [5, 5.41) is 10.2. The number of carboxylic acids is 1. The van der Waals surface area contributed by atoms with Crippen LogP contribution in [0.25, 0.3) is 10.6 Å². The van der Waals surface area contributed by atoms with Crippen molar-refractivity contribution in [3.05, 3.63) is 29.7 Å². The standard InChI is InChI=1S/C8H5NO3S/c10-8(11)5-1-7(13-3-5)6-2-12-4-9-6/h1-4H,(H,10,11). The molecule has 0 radical (unpaired) electrons. The van der Waals surface area contributed by atoms with E-state index in [0.29, 0.717) is 5.69 Å². The van der Waals surface area contributed by atoms with Gasteiger partial charge in [0, 0.05) is 5.38 Å². The van der Waals surface area contributed by atoms with Gasteiger partial charge in [0.2, 0.25) is 0 Å². The van der Waals surface area contributed by atoms with Crippen LogP contribution in [0.15, 0.2) is 28.5 Å². The first-order valence-electron chi connectivity index (χ1n) is 3.48. The molecule has 2 aromatic heterocycles. The molecule has 66 valence electrons. The van der Waals surface area contributed by atoms with Crippen molar-refractivity contribution in [1.82, 2.24) is 4.98 Å².